The van der Waals surface area contributed by atoms with Gasteiger partial charge >= 0.3 is 0 Å². The Morgan fingerprint density at radius 1 is 1.52 bits per heavy atom. The Morgan fingerprint density at radius 2 is 2.29 bits per heavy atom. The second-order valence-electron chi connectivity index (χ2n) is 6.60. The van der Waals surface area contributed by atoms with Crippen molar-refractivity contribution in [1.82, 2.24) is 10.5 Å². The summed E-state index contributed by atoms with van der Waals surface area (Å²) in [5.41, 5.74) is 0.828. The van der Waals surface area contributed by atoms with Gasteiger partial charge in [-0.1, -0.05) is 19.0 Å². The molecule has 0 aromatic carbocycles. The van der Waals surface area contributed by atoms with Crippen LogP contribution in [0.1, 0.15) is 61.7 Å². The molecule has 21 heavy (non-hydrogen) atoms. The molecule has 2 aliphatic rings. The fourth-order valence-corrected chi connectivity index (χ4v) is 3.96. The summed E-state index contributed by atoms with van der Waals surface area (Å²) in [7, 11) is 0. The lowest BCUT2D eigenvalue weighted by Crippen LogP contribution is -2.45. The minimum absolute atomic E-state index is 0.0819. The van der Waals surface area contributed by atoms with Gasteiger partial charge in [0.05, 0.1) is 5.69 Å². The van der Waals surface area contributed by atoms with Gasteiger partial charge in [0.1, 0.15) is 0 Å². The molecule has 0 spiro atoms. The topological polar surface area (TPSA) is 75.4 Å². The quantitative estimate of drug-likeness (QED) is 0.873. The minimum atomic E-state index is -0.201. The van der Waals surface area contributed by atoms with Crippen LogP contribution in [-0.2, 0) is 0 Å². The Balaban J connectivity index is 1.67. The molecule has 2 saturated carbocycles. The lowest BCUT2D eigenvalue weighted by molar-refractivity contribution is 0.0825. The number of aliphatic hydroxyl groups is 1. The first kappa shape index (κ1) is 14.6. The maximum absolute atomic E-state index is 12.3. The zero-order valence-electron chi connectivity index (χ0n) is 12.7. The van der Waals surface area contributed by atoms with Crippen molar-refractivity contribution in [2.24, 2.45) is 17.8 Å². The SMILES string of the molecule is CCC(C)c1cc(C(=O)NC2C3CCC(C3)C2CO)on1. The molecule has 2 bridgehead atoms. The van der Waals surface area contributed by atoms with Gasteiger partial charge in [-0.25, -0.2) is 0 Å². The van der Waals surface area contributed by atoms with Crippen molar-refractivity contribution in [3.63, 3.8) is 0 Å². The number of aromatic nitrogens is 1. The van der Waals surface area contributed by atoms with Gasteiger partial charge in [0, 0.05) is 30.6 Å². The number of fused-ring (bicyclic) bond motifs is 2. The Hall–Kier alpha value is -1.36. The van der Waals surface area contributed by atoms with E-state index >= 15 is 0 Å². The third-order valence-electron chi connectivity index (χ3n) is 5.47. The zero-order chi connectivity index (χ0) is 15.0. The van der Waals surface area contributed by atoms with Crippen LogP contribution in [0.3, 0.4) is 0 Å². The van der Waals surface area contributed by atoms with Crippen molar-refractivity contribution in [2.75, 3.05) is 6.61 Å². The van der Waals surface area contributed by atoms with Gasteiger partial charge in [-0.05, 0) is 37.5 Å². The highest BCUT2D eigenvalue weighted by molar-refractivity contribution is 5.91. The predicted molar refractivity (Wildman–Crippen MR) is 77.9 cm³/mol. The highest BCUT2D eigenvalue weighted by atomic mass is 16.5. The van der Waals surface area contributed by atoms with Crippen LogP contribution in [-0.4, -0.2) is 28.8 Å². The molecule has 2 fully saturated rings. The number of amides is 1. The van der Waals surface area contributed by atoms with E-state index in [1.54, 1.807) is 6.07 Å². The van der Waals surface area contributed by atoms with E-state index in [1.165, 1.54) is 6.42 Å². The molecular weight excluding hydrogens is 268 g/mol. The first-order valence-electron chi connectivity index (χ1n) is 8.02. The lowest BCUT2D eigenvalue weighted by atomic mass is 9.85. The lowest BCUT2D eigenvalue weighted by Gasteiger charge is -2.30. The van der Waals surface area contributed by atoms with Gasteiger partial charge in [-0.15, -0.1) is 0 Å². The van der Waals surface area contributed by atoms with E-state index in [0.717, 1.165) is 25.0 Å². The summed E-state index contributed by atoms with van der Waals surface area (Å²) >= 11 is 0. The average molecular weight is 292 g/mol. The Kier molecular flexibility index (Phi) is 4.02. The van der Waals surface area contributed by atoms with E-state index < -0.39 is 0 Å². The van der Waals surface area contributed by atoms with Crippen molar-refractivity contribution in [2.45, 2.75) is 51.5 Å². The van der Waals surface area contributed by atoms with Crippen LogP contribution < -0.4 is 5.32 Å². The molecule has 1 aromatic rings. The van der Waals surface area contributed by atoms with Gasteiger partial charge in [0.2, 0.25) is 5.76 Å². The van der Waals surface area contributed by atoms with Crippen molar-refractivity contribution >= 4 is 5.91 Å². The Bertz CT molecular complexity index is 513. The van der Waals surface area contributed by atoms with Crippen LogP contribution in [0.25, 0.3) is 0 Å². The molecule has 0 saturated heterocycles. The third kappa shape index (κ3) is 2.59. The molecule has 0 radical (unpaired) electrons. The average Bonchev–Trinajstić information content (AvgIpc) is 3.21. The van der Waals surface area contributed by atoms with Crippen molar-refractivity contribution in [3.05, 3.63) is 17.5 Å². The van der Waals surface area contributed by atoms with Crippen LogP contribution >= 0.6 is 0 Å². The number of rotatable bonds is 5. The van der Waals surface area contributed by atoms with Gasteiger partial charge < -0.3 is 14.9 Å². The first-order chi connectivity index (χ1) is 10.1. The van der Waals surface area contributed by atoms with E-state index in [9.17, 15) is 9.90 Å². The molecule has 2 N–H and O–H groups in total. The second kappa shape index (κ2) is 5.79. The van der Waals surface area contributed by atoms with Crippen LogP contribution in [0.15, 0.2) is 10.6 Å². The molecule has 1 amide bonds. The van der Waals surface area contributed by atoms with Crippen LogP contribution in [0.5, 0.6) is 0 Å². The summed E-state index contributed by atoms with van der Waals surface area (Å²) in [6, 6.07) is 1.82. The fraction of sp³-hybridized carbons (Fsp3) is 0.750. The first-order valence-corrected chi connectivity index (χ1v) is 8.02. The van der Waals surface area contributed by atoms with Crippen LogP contribution in [0.2, 0.25) is 0 Å². The van der Waals surface area contributed by atoms with Gasteiger partial charge in [-0.2, -0.15) is 0 Å². The summed E-state index contributed by atoms with van der Waals surface area (Å²) in [5, 5.41) is 16.6. The molecule has 5 heteroatoms. The van der Waals surface area contributed by atoms with Crippen molar-refractivity contribution in [1.29, 1.82) is 0 Å². The number of hydrogen-bond acceptors (Lipinski definition) is 4. The van der Waals surface area contributed by atoms with Gasteiger partial charge in [0.15, 0.2) is 0 Å². The highest BCUT2D eigenvalue weighted by Crippen LogP contribution is 2.48. The number of nitrogens with one attached hydrogen (secondary N) is 1. The molecule has 2 aliphatic carbocycles. The van der Waals surface area contributed by atoms with E-state index in [4.69, 9.17) is 4.52 Å². The number of hydrogen-bond donors (Lipinski definition) is 2. The Labute approximate surface area is 125 Å². The monoisotopic (exact) mass is 292 g/mol. The number of nitrogens with zero attached hydrogens (tertiary/aromatic N) is 1. The van der Waals surface area contributed by atoms with Gasteiger partial charge in [0.25, 0.3) is 5.91 Å². The maximum Gasteiger partial charge on any atom is 0.290 e. The maximum atomic E-state index is 12.3. The molecule has 5 atom stereocenters. The largest absolute Gasteiger partial charge is 0.396 e. The zero-order valence-corrected chi connectivity index (χ0v) is 12.7. The van der Waals surface area contributed by atoms with E-state index in [1.807, 2.05) is 0 Å². The van der Waals surface area contributed by atoms with Crippen molar-refractivity contribution < 1.29 is 14.4 Å². The summed E-state index contributed by atoms with van der Waals surface area (Å²) in [6.07, 6.45) is 4.43. The molecular formula is C16H24N2O3. The number of aliphatic hydroxyl groups excluding tert-OH is 1. The predicted octanol–water partition coefficient (Wildman–Crippen LogP) is 2.32. The number of carbonyl (C=O) groups excluding carboxylic acids is 1. The normalized spacial score (nSPS) is 32.3. The molecule has 1 heterocycles. The summed E-state index contributed by atoms with van der Waals surface area (Å²) < 4.78 is 5.18. The Morgan fingerprint density at radius 3 is 3.00 bits per heavy atom. The molecule has 1 aromatic heterocycles. The van der Waals surface area contributed by atoms with E-state index in [0.29, 0.717) is 17.8 Å². The third-order valence-corrected chi connectivity index (χ3v) is 5.47. The minimum Gasteiger partial charge on any atom is -0.396 e. The number of carbonyl (C=O) groups is 1. The van der Waals surface area contributed by atoms with Crippen molar-refractivity contribution in [3.8, 4) is 0 Å². The van der Waals surface area contributed by atoms with Gasteiger partial charge in [-0.3, -0.25) is 4.79 Å². The second-order valence-corrected chi connectivity index (χ2v) is 6.60. The fourth-order valence-electron chi connectivity index (χ4n) is 3.96. The standard InChI is InChI=1S/C16H24N2O3/c1-3-9(2)13-7-14(21-18-13)16(20)17-15-11-5-4-10(6-11)12(15)8-19/h7,9-12,15,19H,3-6,8H2,1-2H3,(H,17,20). The van der Waals surface area contributed by atoms with E-state index in [-0.39, 0.29) is 30.2 Å². The smallest absolute Gasteiger partial charge is 0.290 e. The molecule has 5 nitrogen and oxygen atoms in total. The molecule has 3 rings (SSSR count). The molecule has 0 aliphatic heterocycles. The van der Waals surface area contributed by atoms with E-state index in [2.05, 4.69) is 24.3 Å². The molecule has 116 valence electrons. The molecule has 5 unspecified atom stereocenters. The highest BCUT2D eigenvalue weighted by Gasteiger charge is 2.47. The summed E-state index contributed by atoms with van der Waals surface area (Å²) in [4.78, 5) is 12.3. The summed E-state index contributed by atoms with van der Waals surface area (Å²) in [6.45, 7) is 4.30. The van der Waals surface area contributed by atoms with Crippen LogP contribution in [0, 0.1) is 17.8 Å². The van der Waals surface area contributed by atoms with Crippen LogP contribution in [0.4, 0.5) is 0 Å². The summed E-state index contributed by atoms with van der Waals surface area (Å²) in [5.74, 6) is 1.65.